The van der Waals surface area contributed by atoms with E-state index in [0.29, 0.717) is 46.5 Å². The van der Waals surface area contributed by atoms with E-state index in [1.165, 1.54) is 19.8 Å². The highest BCUT2D eigenvalue weighted by Crippen LogP contribution is 2.54. The Labute approximate surface area is 244 Å². The smallest absolute Gasteiger partial charge is 0.257 e. The predicted octanol–water partition coefficient (Wildman–Crippen LogP) is 6.48. The van der Waals surface area contributed by atoms with Crippen LogP contribution in [0.4, 0.5) is 25.8 Å². The van der Waals surface area contributed by atoms with E-state index < -0.39 is 27.8 Å². The lowest BCUT2D eigenvalue weighted by Crippen LogP contribution is -2.36. The van der Waals surface area contributed by atoms with E-state index in [0.717, 1.165) is 36.9 Å². The molecule has 1 amide bonds. The maximum Gasteiger partial charge on any atom is 0.257 e. The summed E-state index contributed by atoms with van der Waals surface area (Å²) in [5, 5.41) is 12.2. The Morgan fingerprint density at radius 2 is 1.76 bits per heavy atom. The van der Waals surface area contributed by atoms with Crippen molar-refractivity contribution in [2.75, 3.05) is 34.6 Å². The van der Waals surface area contributed by atoms with Gasteiger partial charge in [0.05, 0.1) is 29.8 Å². The van der Waals surface area contributed by atoms with E-state index in [9.17, 15) is 27.1 Å². The van der Waals surface area contributed by atoms with Gasteiger partial charge in [-0.2, -0.15) is 0 Å². The number of carbonyl (C=O) groups excluding carboxylic acids is 1. The number of hydrogen-bond acceptors (Lipinski definition) is 6. The van der Waals surface area contributed by atoms with Crippen LogP contribution in [-0.4, -0.2) is 50.3 Å². The van der Waals surface area contributed by atoms with Crippen LogP contribution in [0.5, 0.6) is 0 Å². The average Bonchev–Trinajstić information content (AvgIpc) is 3.53. The number of carbonyl (C=O) groups is 1. The lowest BCUT2D eigenvalue weighted by Gasteiger charge is -2.35. The number of halogens is 2. The van der Waals surface area contributed by atoms with Gasteiger partial charge in [0.15, 0.2) is 0 Å². The molecule has 6 rings (SSSR count). The van der Waals surface area contributed by atoms with Crippen molar-refractivity contribution in [2.45, 2.75) is 75.4 Å². The number of aliphatic hydroxyl groups excluding tert-OH is 1. The highest BCUT2D eigenvalue weighted by Gasteiger charge is 2.44. The van der Waals surface area contributed by atoms with E-state index in [1.807, 2.05) is 12.1 Å². The molecule has 2 aliphatic carbocycles. The fraction of sp³-hybridized carbons (Fsp3) is 0.516. The molecule has 11 heteroatoms. The molecule has 1 saturated heterocycles. The molecule has 2 aromatic carbocycles. The molecule has 42 heavy (non-hydrogen) atoms. The molecule has 1 atom stereocenters. The Morgan fingerprint density at radius 3 is 2.43 bits per heavy atom. The number of benzene rings is 2. The first-order valence-electron chi connectivity index (χ1n) is 14.7. The summed E-state index contributed by atoms with van der Waals surface area (Å²) in [5.41, 5.74) is 3.80. The summed E-state index contributed by atoms with van der Waals surface area (Å²) in [6.07, 6.45) is 6.39. The molecule has 0 bridgehead atoms. The van der Waals surface area contributed by atoms with Crippen LogP contribution in [-0.2, 0) is 10.0 Å². The van der Waals surface area contributed by atoms with Gasteiger partial charge in [-0.25, -0.2) is 17.2 Å². The molecule has 3 aliphatic rings. The zero-order valence-corrected chi connectivity index (χ0v) is 24.5. The fourth-order valence-electron chi connectivity index (χ4n) is 6.35. The van der Waals surface area contributed by atoms with Crippen molar-refractivity contribution in [3.8, 4) is 0 Å². The van der Waals surface area contributed by atoms with Gasteiger partial charge < -0.3 is 19.7 Å². The standard InChI is InChI=1S/C31H37F2N3O5S/c1-20(19-37)42(39,40)35-23-2-3-25(27(18-23)36-13-11-30(9-10-30)12-14-36)29(38)34-24-16-22-6-15-41-28(22)26(17-24)21-4-7-31(32,33)8-5-21/h2-3,6,15-18,20-21,35,37H,4-5,7-14,19H2,1H3,(H,34,38)/t20-/m1/s1. The average molecular weight is 602 g/mol. The Hall–Kier alpha value is -3.18. The highest BCUT2D eigenvalue weighted by atomic mass is 32.2. The zero-order chi connectivity index (χ0) is 29.7. The maximum atomic E-state index is 13.9. The molecule has 8 nitrogen and oxygen atoms in total. The molecule has 226 valence electrons. The number of anilines is 3. The minimum atomic E-state index is -3.81. The monoisotopic (exact) mass is 601 g/mol. The van der Waals surface area contributed by atoms with Gasteiger partial charge in [-0.3, -0.25) is 9.52 Å². The lowest BCUT2D eigenvalue weighted by molar-refractivity contribution is -0.0381. The first kappa shape index (κ1) is 28.9. The third-order valence-electron chi connectivity index (χ3n) is 9.41. The van der Waals surface area contributed by atoms with E-state index in [2.05, 4.69) is 14.9 Å². The minimum Gasteiger partial charge on any atom is -0.464 e. The van der Waals surface area contributed by atoms with Crippen LogP contribution >= 0.6 is 0 Å². The number of sulfonamides is 1. The van der Waals surface area contributed by atoms with Crippen LogP contribution in [0.15, 0.2) is 47.1 Å². The third-order valence-corrected chi connectivity index (χ3v) is 11.1. The highest BCUT2D eigenvalue weighted by molar-refractivity contribution is 7.93. The minimum absolute atomic E-state index is 0.0950. The number of furan rings is 1. The number of nitrogens with zero attached hydrogens (tertiary/aromatic N) is 1. The fourth-order valence-corrected chi connectivity index (χ4v) is 7.20. The second kappa shape index (κ2) is 10.8. The van der Waals surface area contributed by atoms with Gasteiger partial charge in [0, 0.05) is 42.6 Å². The quantitative estimate of drug-likeness (QED) is 0.273. The summed E-state index contributed by atoms with van der Waals surface area (Å²) < 4.78 is 61.3. The SMILES string of the molecule is C[C@H](CO)S(=O)(=O)Nc1ccc(C(=O)Nc2cc(C3CCC(F)(F)CC3)c3occc3c2)c(N2CCC3(CC2)CC3)c1. The molecule has 1 spiro atoms. The number of rotatable bonds is 8. The van der Waals surface area contributed by atoms with Crippen molar-refractivity contribution >= 4 is 44.0 Å². The summed E-state index contributed by atoms with van der Waals surface area (Å²) in [4.78, 5) is 15.9. The second-order valence-electron chi connectivity index (χ2n) is 12.3. The molecule has 2 heterocycles. The summed E-state index contributed by atoms with van der Waals surface area (Å²) in [6.45, 7) is 2.44. The Morgan fingerprint density at radius 1 is 1.05 bits per heavy atom. The summed E-state index contributed by atoms with van der Waals surface area (Å²) in [7, 11) is -3.81. The van der Waals surface area contributed by atoms with Crippen LogP contribution in [0.2, 0.25) is 0 Å². The first-order chi connectivity index (χ1) is 20.0. The number of hydrogen-bond donors (Lipinski definition) is 3. The van der Waals surface area contributed by atoms with E-state index in [4.69, 9.17) is 4.42 Å². The van der Waals surface area contributed by atoms with Crippen molar-refractivity contribution in [1.29, 1.82) is 0 Å². The normalized spacial score (nSPS) is 20.9. The molecular formula is C31H37F2N3O5S. The summed E-state index contributed by atoms with van der Waals surface area (Å²) >= 11 is 0. The number of piperidine rings is 1. The summed E-state index contributed by atoms with van der Waals surface area (Å²) in [5.74, 6) is -3.09. The van der Waals surface area contributed by atoms with Gasteiger partial charge in [-0.05, 0) is 93.2 Å². The van der Waals surface area contributed by atoms with Crippen molar-refractivity contribution in [2.24, 2.45) is 5.41 Å². The van der Waals surface area contributed by atoms with Crippen molar-refractivity contribution in [1.82, 2.24) is 0 Å². The van der Waals surface area contributed by atoms with Gasteiger partial charge >= 0.3 is 0 Å². The van der Waals surface area contributed by atoms with E-state index >= 15 is 0 Å². The molecule has 1 aromatic heterocycles. The van der Waals surface area contributed by atoms with Crippen LogP contribution in [0, 0.1) is 5.41 Å². The molecule has 1 aliphatic heterocycles. The number of fused-ring (bicyclic) bond motifs is 1. The molecule has 3 aromatic rings. The van der Waals surface area contributed by atoms with Gasteiger partial charge in [0.25, 0.3) is 5.91 Å². The molecule has 3 fully saturated rings. The van der Waals surface area contributed by atoms with Crippen LogP contribution in [0.3, 0.4) is 0 Å². The lowest BCUT2D eigenvalue weighted by atomic mass is 9.81. The zero-order valence-electron chi connectivity index (χ0n) is 23.7. The Kier molecular flexibility index (Phi) is 7.45. The van der Waals surface area contributed by atoms with Crippen LogP contribution < -0.4 is 14.9 Å². The third kappa shape index (κ3) is 5.86. The van der Waals surface area contributed by atoms with Crippen LogP contribution in [0.25, 0.3) is 11.0 Å². The molecule has 2 saturated carbocycles. The van der Waals surface area contributed by atoms with Gasteiger partial charge in [0.1, 0.15) is 10.8 Å². The first-order valence-corrected chi connectivity index (χ1v) is 16.2. The van der Waals surface area contributed by atoms with E-state index in [1.54, 1.807) is 30.5 Å². The molecular weight excluding hydrogens is 564 g/mol. The second-order valence-corrected chi connectivity index (χ2v) is 14.4. The largest absolute Gasteiger partial charge is 0.464 e. The van der Waals surface area contributed by atoms with E-state index in [-0.39, 0.29) is 24.7 Å². The number of nitrogens with one attached hydrogen (secondary N) is 2. The van der Waals surface area contributed by atoms with Gasteiger partial charge in [0.2, 0.25) is 15.9 Å². The van der Waals surface area contributed by atoms with Gasteiger partial charge in [-0.1, -0.05) is 0 Å². The number of alkyl halides is 2. The summed E-state index contributed by atoms with van der Waals surface area (Å²) in [6, 6.07) is 10.3. The van der Waals surface area contributed by atoms with Crippen molar-refractivity contribution in [3.05, 3.63) is 53.8 Å². The molecule has 3 N–H and O–H groups in total. The number of aliphatic hydroxyl groups is 1. The van der Waals surface area contributed by atoms with Crippen molar-refractivity contribution in [3.63, 3.8) is 0 Å². The Bertz CT molecular complexity index is 1580. The molecule has 0 radical (unpaired) electrons. The van der Waals surface area contributed by atoms with Crippen LogP contribution in [0.1, 0.15) is 80.1 Å². The topological polar surface area (TPSA) is 112 Å². The molecule has 0 unspecified atom stereocenters. The van der Waals surface area contributed by atoms with Gasteiger partial charge in [-0.15, -0.1) is 0 Å². The van der Waals surface area contributed by atoms with Crippen molar-refractivity contribution < 1.29 is 31.5 Å². The Balaban J connectivity index is 1.29. The maximum absolute atomic E-state index is 13.9. The predicted molar refractivity (Wildman–Crippen MR) is 159 cm³/mol. The number of amides is 1.